The third-order valence-corrected chi connectivity index (χ3v) is 2.33. The van der Waals surface area contributed by atoms with Gasteiger partial charge in [-0.2, -0.15) is 0 Å². The van der Waals surface area contributed by atoms with Crippen LogP contribution < -0.4 is 5.32 Å². The van der Waals surface area contributed by atoms with Gasteiger partial charge in [0.15, 0.2) is 0 Å². The molecule has 0 aliphatic carbocycles. The summed E-state index contributed by atoms with van der Waals surface area (Å²) in [6.07, 6.45) is 6.83. The summed E-state index contributed by atoms with van der Waals surface area (Å²) in [6.45, 7) is 9.22. The number of hydrogen-bond acceptors (Lipinski definition) is 1. The summed E-state index contributed by atoms with van der Waals surface area (Å²) in [5.74, 6) is 0.973. The third kappa shape index (κ3) is 8.06. The quantitative estimate of drug-likeness (QED) is 0.673. The summed E-state index contributed by atoms with van der Waals surface area (Å²) in [4.78, 5) is 0. The van der Waals surface area contributed by atoms with E-state index < -0.39 is 0 Å². The second kappa shape index (κ2) is 9.05. The van der Waals surface area contributed by atoms with Gasteiger partial charge in [0, 0.05) is 0 Å². The van der Waals surface area contributed by atoms with Crippen molar-refractivity contribution in [1.29, 1.82) is 0 Å². The second-order valence-electron chi connectivity index (χ2n) is 3.79. The van der Waals surface area contributed by atoms with Crippen molar-refractivity contribution in [1.82, 2.24) is 5.32 Å². The number of unbranched alkanes of at least 4 members (excludes halogenated alkanes) is 2. The molecule has 0 aromatic rings. The zero-order valence-electron chi connectivity index (χ0n) is 9.03. The molecule has 1 heteroatoms. The molecular formula is C11H25N. The molecule has 0 spiro atoms. The van der Waals surface area contributed by atoms with Crippen molar-refractivity contribution in [3.8, 4) is 0 Å². The maximum Gasteiger partial charge on any atom is -0.00464 e. The van der Waals surface area contributed by atoms with Gasteiger partial charge in [-0.25, -0.2) is 0 Å². The highest BCUT2D eigenvalue weighted by Gasteiger charge is 2.04. The van der Waals surface area contributed by atoms with Crippen molar-refractivity contribution in [2.45, 2.75) is 52.9 Å². The molecule has 0 aromatic heterocycles. The molecule has 1 nitrogen and oxygen atoms in total. The van der Waals surface area contributed by atoms with Crippen molar-refractivity contribution in [2.24, 2.45) is 5.92 Å². The smallest absolute Gasteiger partial charge is 0.00464 e. The minimum atomic E-state index is 0.973. The molecule has 0 unspecified atom stereocenters. The molecule has 1 N–H and O–H groups in total. The van der Waals surface area contributed by atoms with Gasteiger partial charge in [-0.1, -0.05) is 40.0 Å². The first kappa shape index (κ1) is 12.0. The van der Waals surface area contributed by atoms with Gasteiger partial charge in [0.05, 0.1) is 0 Å². The van der Waals surface area contributed by atoms with Gasteiger partial charge in [-0.15, -0.1) is 0 Å². The molecule has 1 aliphatic rings. The molecule has 0 aromatic carbocycles. The van der Waals surface area contributed by atoms with Crippen molar-refractivity contribution in [2.75, 3.05) is 13.1 Å². The summed E-state index contributed by atoms with van der Waals surface area (Å²) in [7, 11) is 0. The Labute approximate surface area is 77.9 Å². The standard InChI is InChI=1S/C6H13N.C5H12/c1-6-2-4-7-5-3-6;1-3-5-4-2/h6-7H,2-5H2,1H3;3-5H2,1-2H3. The Balaban J connectivity index is 0.000000217. The Morgan fingerprint density at radius 2 is 1.58 bits per heavy atom. The summed E-state index contributed by atoms with van der Waals surface area (Å²) in [5.41, 5.74) is 0. The second-order valence-corrected chi connectivity index (χ2v) is 3.79. The largest absolute Gasteiger partial charge is 0.317 e. The van der Waals surface area contributed by atoms with Crippen LogP contribution in [0.25, 0.3) is 0 Å². The minimum absolute atomic E-state index is 0.973. The molecule has 74 valence electrons. The zero-order chi connectivity index (χ0) is 9.23. The summed E-state index contributed by atoms with van der Waals surface area (Å²) in [6, 6.07) is 0. The van der Waals surface area contributed by atoms with Gasteiger partial charge in [0.25, 0.3) is 0 Å². The molecule has 0 bridgehead atoms. The molecule has 0 saturated carbocycles. The lowest BCUT2D eigenvalue weighted by molar-refractivity contribution is 0.402. The molecule has 0 atom stereocenters. The maximum atomic E-state index is 3.32. The monoisotopic (exact) mass is 171 g/mol. The van der Waals surface area contributed by atoms with Crippen LogP contribution >= 0.6 is 0 Å². The van der Waals surface area contributed by atoms with Gasteiger partial charge in [0.1, 0.15) is 0 Å². The first-order valence-electron chi connectivity index (χ1n) is 5.52. The van der Waals surface area contributed by atoms with E-state index in [9.17, 15) is 0 Å². The third-order valence-electron chi connectivity index (χ3n) is 2.33. The van der Waals surface area contributed by atoms with Gasteiger partial charge >= 0.3 is 0 Å². The number of nitrogens with one attached hydrogen (secondary N) is 1. The van der Waals surface area contributed by atoms with Crippen LogP contribution in [0.2, 0.25) is 0 Å². The molecule has 1 fully saturated rings. The van der Waals surface area contributed by atoms with Crippen molar-refractivity contribution in [3.05, 3.63) is 0 Å². The van der Waals surface area contributed by atoms with Gasteiger partial charge < -0.3 is 5.32 Å². The fraction of sp³-hybridized carbons (Fsp3) is 1.00. The molecule has 1 aliphatic heterocycles. The summed E-state index contributed by atoms with van der Waals surface area (Å²) in [5, 5.41) is 3.32. The van der Waals surface area contributed by atoms with Gasteiger partial charge in [-0.3, -0.25) is 0 Å². The van der Waals surface area contributed by atoms with E-state index in [-0.39, 0.29) is 0 Å². The highest BCUT2D eigenvalue weighted by atomic mass is 14.9. The van der Waals surface area contributed by atoms with Crippen molar-refractivity contribution < 1.29 is 0 Å². The lowest BCUT2D eigenvalue weighted by Gasteiger charge is -2.17. The fourth-order valence-corrected chi connectivity index (χ4v) is 1.32. The lowest BCUT2D eigenvalue weighted by Crippen LogP contribution is -2.26. The van der Waals surface area contributed by atoms with Crippen LogP contribution in [-0.2, 0) is 0 Å². The van der Waals surface area contributed by atoms with E-state index in [2.05, 4.69) is 26.1 Å². The van der Waals surface area contributed by atoms with Crippen LogP contribution in [0.3, 0.4) is 0 Å². The van der Waals surface area contributed by atoms with Crippen LogP contribution in [0, 0.1) is 5.92 Å². The van der Waals surface area contributed by atoms with Gasteiger partial charge in [-0.05, 0) is 31.8 Å². The molecule has 0 amide bonds. The number of piperidine rings is 1. The van der Waals surface area contributed by atoms with E-state index >= 15 is 0 Å². The Kier molecular flexibility index (Phi) is 9.02. The normalized spacial score (nSPS) is 18.2. The van der Waals surface area contributed by atoms with Crippen LogP contribution in [0.5, 0.6) is 0 Å². The topological polar surface area (TPSA) is 12.0 Å². The first-order chi connectivity index (χ1) is 5.81. The fourth-order valence-electron chi connectivity index (χ4n) is 1.32. The summed E-state index contributed by atoms with van der Waals surface area (Å²) < 4.78 is 0. The number of hydrogen-bond donors (Lipinski definition) is 1. The Hall–Kier alpha value is -0.0400. The van der Waals surface area contributed by atoms with Crippen LogP contribution in [0.4, 0.5) is 0 Å². The van der Waals surface area contributed by atoms with E-state index in [1.54, 1.807) is 0 Å². The Morgan fingerprint density at radius 3 is 1.75 bits per heavy atom. The lowest BCUT2D eigenvalue weighted by atomic mass is 10.0. The van der Waals surface area contributed by atoms with Crippen LogP contribution in [0.1, 0.15) is 52.9 Å². The summed E-state index contributed by atoms with van der Waals surface area (Å²) >= 11 is 0. The average Bonchev–Trinajstić information content (AvgIpc) is 2.08. The Bertz CT molecular complexity index is 73.1. The minimum Gasteiger partial charge on any atom is -0.317 e. The molecule has 1 rings (SSSR count). The van der Waals surface area contributed by atoms with Crippen LogP contribution in [-0.4, -0.2) is 13.1 Å². The maximum absolute atomic E-state index is 3.32. The van der Waals surface area contributed by atoms with E-state index in [4.69, 9.17) is 0 Å². The Morgan fingerprint density at radius 1 is 1.08 bits per heavy atom. The zero-order valence-corrected chi connectivity index (χ0v) is 9.03. The predicted octanol–water partition coefficient (Wildman–Crippen LogP) is 3.20. The highest BCUT2D eigenvalue weighted by Crippen LogP contribution is 2.08. The average molecular weight is 171 g/mol. The van der Waals surface area contributed by atoms with Gasteiger partial charge in [0.2, 0.25) is 0 Å². The molecular weight excluding hydrogens is 146 g/mol. The molecule has 1 heterocycles. The van der Waals surface area contributed by atoms with Crippen molar-refractivity contribution in [3.63, 3.8) is 0 Å². The molecule has 1 saturated heterocycles. The van der Waals surface area contributed by atoms with E-state index in [1.165, 1.54) is 45.2 Å². The molecule has 12 heavy (non-hydrogen) atoms. The highest BCUT2D eigenvalue weighted by molar-refractivity contribution is 4.62. The predicted molar refractivity (Wildman–Crippen MR) is 56.5 cm³/mol. The molecule has 0 radical (unpaired) electrons. The number of rotatable bonds is 2. The van der Waals surface area contributed by atoms with Crippen LogP contribution in [0.15, 0.2) is 0 Å². The van der Waals surface area contributed by atoms with E-state index in [1.807, 2.05) is 0 Å². The first-order valence-corrected chi connectivity index (χ1v) is 5.52. The SMILES string of the molecule is CC1CCNCC1.CCCCC. The van der Waals surface area contributed by atoms with E-state index in [0.717, 1.165) is 5.92 Å². The van der Waals surface area contributed by atoms with E-state index in [0.29, 0.717) is 0 Å². The van der Waals surface area contributed by atoms with Crippen molar-refractivity contribution >= 4 is 0 Å².